The number of aryl methyl sites for hydroxylation is 1. The molecule has 136 valence electrons. The number of hydrogen-bond acceptors (Lipinski definition) is 7. The van der Waals surface area contributed by atoms with E-state index in [0.717, 1.165) is 0 Å². The Morgan fingerprint density at radius 1 is 1.19 bits per heavy atom. The number of nitrogens with zero attached hydrogens (tertiary/aromatic N) is 3. The summed E-state index contributed by atoms with van der Waals surface area (Å²) in [5, 5.41) is 2.75. The standard InChI is InChI=1S/C18H20N4O4/c1-12-10-15(21-18(19-12)22-6-8-26-9-7-22)16(23)20-14-5-3-4-13(11-14)17(24)25-2/h3-5,10-11H,6-9H2,1-2H3,(H,20,23). The van der Waals surface area contributed by atoms with Gasteiger partial charge in [0, 0.05) is 24.5 Å². The number of amides is 1. The molecular formula is C18H20N4O4. The average molecular weight is 356 g/mol. The second-order valence-corrected chi connectivity index (χ2v) is 5.82. The minimum Gasteiger partial charge on any atom is -0.465 e. The number of carbonyl (C=O) groups excluding carboxylic acids is 2. The largest absolute Gasteiger partial charge is 0.465 e. The maximum atomic E-state index is 12.6. The molecule has 0 unspecified atom stereocenters. The molecule has 1 aliphatic heterocycles. The van der Waals surface area contributed by atoms with Crippen LogP contribution in [0.3, 0.4) is 0 Å². The summed E-state index contributed by atoms with van der Waals surface area (Å²) in [5.74, 6) is -0.317. The van der Waals surface area contributed by atoms with Crippen LogP contribution in [-0.4, -0.2) is 55.3 Å². The fourth-order valence-corrected chi connectivity index (χ4v) is 2.61. The number of benzene rings is 1. The number of rotatable bonds is 4. The molecule has 1 fully saturated rings. The van der Waals surface area contributed by atoms with Gasteiger partial charge in [0.25, 0.3) is 5.91 Å². The van der Waals surface area contributed by atoms with Gasteiger partial charge in [-0.25, -0.2) is 14.8 Å². The van der Waals surface area contributed by atoms with E-state index >= 15 is 0 Å². The Morgan fingerprint density at radius 2 is 1.96 bits per heavy atom. The first-order valence-corrected chi connectivity index (χ1v) is 8.25. The average Bonchev–Trinajstić information content (AvgIpc) is 2.67. The topological polar surface area (TPSA) is 93.6 Å². The van der Waals surface area contributed by atoms with Crippen molar-refractivity contribution in [3.05, 3.63) is 47.3 Å². The Kier molecular flexibility index (Phi) is 5.43. The lowest BCUT2D eigenvalue weighted by Gasteiger charge is -2.27. The van der Waals surface area contributed by atoms with Crippen LogP contribution in [0.2, 0.25) is 0 Å². The zero-order chi connectivity index (χ0) is 18.5. The van der Waals surface area contributed by atoms with Gasteiger partial charge in [0.05, 0.1) is 25.9 Å². The molecule has 2 heterocycles. The van der Waals surface area contributed by atoms with Crippen LogP contribution in [0.4, 0.5) is 11.6 Å². The van der Waals surface area contributed by atoms with Gasteiger partial charge in [-0.1, -0.05) is 6.07 Å². The molecule has 0 radical (unpaired) electrons. The van der Waals surface area contributed by atoms with Crippen molar-refractivity contribution in [1.29, 1.82) is 0 Å². The van der Waals surface area contributed by atoms with Crippen LogP contribution in [0.5, 0.6) is 0 Å². The molecule has 1 saturated heterocycles. The molecule has 1 aromatic heterocycles. The number of carbonyl (C=O) groups is 2. The number of esters is 1. The van der Waals surface area contributed by atoms with Crippen LogP contribution in [0.25, 0.3) is 0 Å². The van der Waals surface area contributed by atoms with E-state index in [2.05, 4.69) is 15.3 Å². The summed E-state index contributed by atoms with van der Waals surface area (Å²) >= 11 is 0. The van der Waals surface area contributed by atoms with E-state index in [1.165, 1.54) is 7.11 Å². The van der Waals surface area contributed by atoms with Crippen molar-refractivity contribution in [3.8, 4) is 0 Å². The van der Waals surface area contributed by atoms with Crippen LogP contribution in [0.15, 0.2) is 30.3 Å². The Balaban J connectivity index is 1.79. The van der Waals surface area contributed by atoms with Gasteiger partial charge in [-0.15, -0.1) is 0 Å². The monoisotopic (exact) mass is 356 g/mol. The van der Waals surface area contributed by atoms with E-state index < -0.39 is 5.97 Å². The number of morpholine rings is 1. The van der Waals surface area contributed by atoms with Gasteiger partial charge in [-0.05, 0) is 31.2 Å². The van der Waals surface area contributed by atoms with Crippen molar-refractivity contribution in [1.82, 2.24) is 9.97 Å². The third-order valence-corrected chi connectivity index (χ3v) is 3.91. The van der Waals surface area contributed by atoms with E-state index in [1.807, 2.05) is 11.8 Å². The maximum absolute atomic E-state index is 12.6. The minimum absolute atomic E-state index is 0.266. The first kappa shape index (κ1) is 17.8. The van der Waals surface area contributed by atoms with Crippen molar-refractivity contribution in [2.45, 2.75) is 6.92 Å². The fraction of sp³-hybridized carbons (Fsp3) is 0.333. The quantitative estimate of drug-likeness (QED) is 0.833. The number of ether oxygens (including phenoxy) is 2. The lowest BCUT2D eigenvalue weighted by molar-refractivity contribution is 0.0600. The van der Waals surface area contributed by atoms with E-state index in [1.54, 1.807) is 30.3 Å². The van der Waals surface area contributed by atoms with Gasteiger partial charge in [0.1, 0.15) is 5.69 Å². The maximum Gasteiger partial charge on any atom is 0.337 e. The molecule has 26 heavy (non-hydrogen) atoms. The highest BCUT2D eigenvalue weighted by Crippen LogP contribution is 2.15. The zero-order valence-electron chi connectivity index (χ0n) is 14.7. The smallest absolute Gasteiger partial charge is 0.337 e. The van der Waals surface area contributed by atoms with Gasteiger partial charge in [0.2, 0.25) is 5.95 Å². The molecule has 1 aromatic carbocycles. The summed E-state index contributed by atoms with van der Waals surface area (Å²) in [5.41, 5.74) is 1.82. The van der Waals surface area contributed by atoms with Crippen LogP contribution < -0.4 is 10.2 Å². The Bertz CT molecular complexity index is 819. The Labute approximate surface area is 151 Å². The molecule has 0 bridgehead atoms. The predicted octanol–water partition coefficient (Wildman–Crippen LogP) is 1.66. The van der Waals surface area contributed by atoms with E-state index in [-0.39, 0.29) is 11.6 Å². The SMILES string of the molecule is COC(=O)c1cccc(NC(=O)c2cc(C)nc(N3CCOCC3)n2)c1. The van der Waals surface area contributed by atoms with E-state index in [9.17, 15) is 9.59 Å². The number of aromatic nitrogens is 2. The Hall–Kier alpha value is -3.00. The van der Waals surface area contributed by atoms with Crippen molar-refractivity contribution in [3.63, 3.8) is 0 Å². The van der Waals surface area contributed by atoms with Crippen LogP contribution in [0, 0.1) is 6.92 Å². The van der Waals surface area contributed by atoms with Gasteiger partial charge in [0.15, 0.2) is 0 Å². The molecule has 8 nitrogen and oxygen atoms in total. The third-order valence-electron chi connectivity index (χ3n) is 3.91. The molecule has 0 saturated carbocycles. The lowest BCUT2D eigenvalue weighted by Crippen LogP contribution is -2.37. The lowest BCUT2D eigenvalue weighted by atomic mass is 10.2. The molecule has 0 atom stereocenters. The molecule has 1 N–H and O–H groups in total. The van der Waals surface area contributed by atoms with E-state index in [4.69, 9.17) is 9.47 Å². The number of nitrogens with one attached hydrogen (secondary N) is 1. The van der Waals surface area contributed by atoms with Crippen molar-refractivity contribution in [2.24, 2.45) is 0 Å². The predicted molar refractivity (Wildman–Crippen MR) is 95.5 cm³/mol. The van der Waals surface area contributed by atoms with Gasteiger partial charge in [-0.3, -0.25) is 4.79 Å². The summed E-state index contributed by atoms with van der Waals surface area (Å²) in [6, 6.07) is 8.17. The molecule has 8 heteroatoms. The first-order valence-electron chi connectivity index (χ1n) is 8.25. The summed E-state index contributed by atoms with van der Waals surface area (Å²) in [7, 11) is 1.31. The summed E-state index contributed by atoms with van der Waals surface area (Å²) in [6.07, 6.45) is 0. The number of hydrogen-bond donors (Lipinski definition) is 1. The zero-order valence-corrected chi connectivity index (χ0v) is 14.7. The first-order chi connectivity index (χ1) is 12.6. The number of methoxy groups -OCH3 is 1. The highest BCUT2D eigenvalue weighted by atomic mass is 16.5. The van der Waals surface area contributed by atoms with E-state index in [0.29, 0.717) is 49.2 Å². The molecule has 1 amide bonds. The normalized spacial score (nSPS) is 14.0. The number of anilines is 2. The summed E-state index contributed by atoms with van der Waals surface area (Å²) in [4.78, 5) is 35.0. The van der Waals surface area contributed by atoms with Crippen LogP contribution in [0.1, 0.15) is 26.5 Å². The van der Waals surface area contributed by atoms with Crippen molar-refractivity contribution >= 4 is 23.5 Å². The van der Waals surface area contributed by atoms with Crippen LogP contribution in [-0.2, 0) is 9.47 Å². The molecular weight excluding hydrogens is 336 g/mol. The van der Waals surface area contributed by atoms with Crippen molar-refractivity contribution in [2.75, 3.05) is 43.6 Å². The highest BCUT2D eigenvalue weighted by Gasteiger charge is 2.18. The Morgan fingerprint density at radius 3 is 2.69 bits per heavy atom. The molecule has 1 aliphatic rings. The van der Waals surface area contributed by atoms with Crippen LogP contribution >= 0.6 is 0 Å². The summed E-state index contributed by atoms with van der Waals surface area (Å²) in [6.45, 7) is 4.41. The highest BCUT2D eigenvalue weighted by molar-refractivity contribution is 6.03. The minimum atomic E-state index is -0.464. The fourth-order valence-electron chi connectivity index (χ4n) is 2.61. The summed E-state index contributed by atoms with van der Waals surface area (Å²) < 4.78 is 10.0. The molecule has 0 spiro atoms. The van der Waals surface area contributed by atoms with Gasteiger partial charge < -0.3 is 19.7 Å². The van der Waals surface area contributed by atoms with Crippen molar-refractivity contribution < 1.29 is 19.1 Å². The second-order valence-electron chi connectivity index (χ2n) is 5.82. The molecule has 2 aromatic rings. The van der Waals surface area contributed by atoms with Gasteiger partial charge in [-0.2, -0.15) is 0 Å². The molecule has 3 rings (SSSR count). The van der Waals surface area contributed by atoms with Gasteiger partial charge >= 0.3 is 5.97 Å². The third kappa shape index (κ3) is 4.15. The second kappa shape index (κ2) is 7.92. The molecule has 0 aliphatic carbocycles.